The molecule has 0 aliphatic rings. The number of aliphatic hydroxyl groups is 1. The van der Waals surface area contributed by atoms with Crippen molar-refractivity contribution >= 4 is 22.9 Å². The third-order valence-corrected chi connectivity index (χ3v) is 5.03. The second kappa shape index (κ2) is 7.61. The number of fused-ring (bicyclic) bond motifs is 1. The van der Waals surface area contributed by atoms with Gasteiger partial charge in [-0.3, -0.25) is 13.9 Å². The summed E-state index contributed by atoms with van der Waals surface area (Å²) in [6.45, 7) is 2.19. The summed E-state index contributed by atoms with van der Waals surface area (Å²) >= 11 is 1.34. The van der Waals surface area contributed by atoms with Gasteiger partial charge in [0.15, 0.2) is 16.3 Å². The molecule has 0 saturated carbocycles. The lowest BCUT2D eigenvalue weighted by Gasteiger charge is -2.15. The maximum absolute atomic E-state index is 12.6. The van der Waals surface area contributed by atoms with Crippen LogP contribution in [0.5, 0.6) is 5.75 Å². The number of benzene rings is 1. The standard InChI is InChI=1S/C18H22N4O4S/c1-11-5-7-13(8-6-11)26-10-12(23)9-22-14-15(19-17(22)27-4)20(2)18(25)21(3)16(14)24/h5-8,12,23H,9-10H2,1-4H3/t12-/m1/s1. The monoisotopic (exact) mass is 390 g/mol. The van der Waals surface area contributed by atoms with Gasteiger partial charge in [0.25, 0.3) is 5.56 Å². The number of aliphatic hydroxyl groups excluding tert-OH is 1. The molecule has 0 aliphatic carbocycles. The molecule has 2 heterocycles. The quantitative estimate of drug-likeness (QED) is 0.629. The fourth-order valence-corrected chi connectivity index (χ4v) is 3.41. The zero-order valence-electron chi connectivity index (χ0n) is 15.7. The van der Waals surface area contributed by atoms with E-state index in [1.165, 1.54) is 23.4 Å². The number of aromatic nitrogens is 4. The maximum atomic E-state index is 12.6. The van der Waals surface area contributed by atoms with Crippen LogP contribution in [0.4, 0.5) is 0 Å². The Morgan fingerprint density at radius 3 is 2.48 bits per heavy atom. The molecule has 1 aromatic carbocycles. The van der Waals surface area contributed by atoms with Crippen LogP contribution in [-0.2, 0) is 20.6 Å². The molecule has 27 heavy (non-hydrogen) atoms. The van der Waals surface area contributed by atoms with Gasteiger partial charge in [0.05, 0.1) is 6.54 Å². The number of rotatable bonds is 6. The highest BCUT2D eigenvalue weighted by atomic mass is 32.2. The Labute approximate surface area is 160 Å². The normalized spacial score (nSPS) is 12.5. The van der Waals surface area contributed by atoms with Crippen molar-refractivity contribution in [1.29, 1.82) is 0 Å². The third kappa shape index (κ3) is 3.65. The van der Waals surface area contributed by atoms with E-state index in [-0.39, 0.29) is 13.2 Å². The lowest BCUT2D eigenvalue weighted by molar-refractivity contribution is 0.0913. The van der Waals surface area contributed by atoms with Gasteiger partial charge in [-0.15, -0.1) is 0 Å². The molecule has 8 nitrogen and oxygen atoms in total. The fraction of sp³-hybridized carbons (Fsp3) is 0.389. The lowest BCUT2D eigenvalue weighted by atomic mass is 10.2. The minimum absolute atomic E-state index is 0.0721. The number of thioether (sulfide) groups is 1. The molecule has 0 spiro atoms. The Kier molecular flexibility index (Phi) is 5.43. The van der Waals surface area contributed by atoms with Crippen LogP contribution in [0.1, 0.15) is 5.56 Å². The predicted molar refractivity (Wildman–Crippen MR) is 105 cm³/mol. The van der Waals surface area contributed by atoms with E-state index in [0.29, 0.717) is 22.1 Å². The van der Waals surface area contributed by atoms with Crippen molar-refractivity contribution in [2.75, 3.05) is 12.9 Å². The Balaban J connectivity index is 1.90. The summed E-state index contributed by atoms with van der Waals surface area (Å²) in [7, 11) is 3.00. The van der Waals surface area contributed by atoms with Gasteiger partial charge >= 0.3 is 5.69 Å². The Morgan fingerprint density at radius 1 is 1.19 bits per heavy atom. The molecule has 3 rings (SSSR count). The van der Waals surface area contributed by atoms with E-state index in [1.807, 2.05) is 37.4 Å². The lowest BCUT2D eigenvalue weighted by Crippen LogP contribution is -2.38. The second-order valence-electron chi connectivity index (χ2n) is 6.36. The summed E-state index contributed by atoms with van der Waals surface area (Å²) in [5, 5.41) is 11.0. The van der Waals surface area contributed by atoms with Crippen molar-refractivity contribution in [1.82, 2.24) is 18.7 Å². The number of imidazole rings is 1. The zero-order valence-corrected chi connectivity index (χ0v) is 16.5. The van der Waals surface area contributed by atoms with E-state index in [1.54, 1.807) is 11.6 Å². The first-order valence-corrected chi connectivity index (χ1v) is 9.63. The molecule has 0 fully saturated rings. The van der Waals surface area contributed by atoms with E-state index in [2.05, 4.69) is 4.98 Å². The maximum Gasteiger partial charge on any atom is 0.332 e. The first-order chi connectivity index (χ1) is 12.8. The van der Waals surface area contributed by atoms with Crippen molar-refractivity contribution in [2.24, 2.45) is 14.1 Å². The Bertz CT molecular complexity index is 1080. The Morgan fingerprint density at radius 2 is 1.85 bits per heavy atom. The molecule has 0 saturated heterocycles. The first kappa shape index (κ1) is 19.2. The van der Waals surface area contributed by atoms with Crippen LogP contribution in [-0.4, -0.2) is 42.8 Å². The van der Waals surface area contributed by atoms with Crippen molar-refractivity contribution in [3.05, 3.63) is 50.7 Å². The summed E-state index contributed by atoms with van der Waals surface area (Å²) in [5.41, 5.74) is 0.844. The molecule has 2 aromatic heterocycles. The molecular weight excluding hydrogens is 368 g/mol. The van der Waals surface area contributed by atoms with Crippen molar-refractivity contribution in [3.63, 3.8) is 0 Å². The number of hydrogen-bond donors (Lipinski definition) is 1. The molecule has 144 valence electrons. The van der Waals surface area contributed by atoms with Crippen LogP contribution < -0.4 is 16.0 Å². The number of nitrogens with zero attached hydrogens (tertiary/aromatic N) is 4. The van der Waals surface area contributed by atoms with E-state index < -0.39 is 17.4 Å². The van der Waals surface area contributed by atoms with Gasteiger partial charge in [-0.05, 0) is 25.3 Å². The highest BCUT2D eigenvalue weighted by Gasteiger charge is 2.20. The summed E-state index contributed by atoms with van der Waals surface area (Å²) in [4.78, 5) is 29.1. The second-order valence-corrected chi connectivity index (χ2v) is 7.14. The van der Waals surface area contributed by atoms with Gasteiger partial charge in [0.2, 0.25) is 0 Å². The summed E-state index contributed by atoms with van der Waals surface area (Å²) in [6.07, 6.45) is 0.978. The fourth-order valence-electron chi connectivity index (χ4n) is 2.84. The van der Waals surface area contributed by atoms with E-state index in [0.717, 1.165) is 10.1 Å². The van der Waals surface area contributed by atoms with E-state index in [9.17, 15) is 14.7 Å². The van der Waals surface area contributed by atoms with Gasteiger partial charge in [0, 0.05) is 14.1 Å². The molecule has 0 radical (unpaired) electrons. The smallest absolute Gasteiger partial charge is 0.332 e. The average molecular weight is 390 g/mol. The summed E-state index contributed by atoms with van der Waals surface area (Å²) in [6, 6.07) is 7.54. The number of ether oxygens (including phenoxy) is 1. The van der Waals surface area contributed by atoms with Crippen molar-refractivity contribution in [3.8, 4) is 5.75 Å². The SMILES string of the molecule is CSc1nc2c(c(=O)n(C)c(=O)n2C)n1C[C@@H](O)COc1ccc(C)cc1. The van der Waals surface area contributed by atoms with Gasteiger partial charge in [0.1, 0.15) is 18.5 Å². The highest BCUT2D eigenvalue weighted by Crippen LogP contribution is 2.20. The molecular formula is C18H22N4O4S. The van der Waals surface area contributed by atoms with Gasteiger partial charge < -0.3 is 14.4 Å². The molecule has 1 atom stereocenters. The van der Waals surface area contributed by atoms with Crippen LogP contribution in [0.2, 0.25) is 0 Å². The number of hydrogen-bond acceptors (Lipinski definition) is 6. The predicted octanol–water partition coefficient (Wildman–Crippen LogP) is 0.904. The molecule has 0 amide bonds. The average Bonchev–Trinajstić information content (AvgIpc) is 3.02. The first-order valence-electron chi connectivity index (χ1n) is 8.41. The Hall–Kier alpha value is -2.52. The highest BCUT2D eigenvalue weighted by molar-refractivity contribution is 7.98. The van der Waals surface area contributed by atoms with Crippen LogP contribution >= 0.6 is 11.8 Å². The van der Waals surface area contributed by atoms with Gasteiger partial charge in [-0.2, -0.15) is 0 Å². The van der Waals surface area contributed by atoms with Crippen LogP contribution in [0, 0.1) is 6.92 Å². The largest absolute Gasteiger partial charge is 0.491 e. The van der Waals surface area contributed by atoms with Gasteiger partial charge in [-0.1, -0.05) is 29.5 Å². The molecule has 3 aromatic rings. The third-order valence-electron chi connectivity index (χ3n) is 4.35. The van der Waals surface area contributed by atoms with Crippen LogP contribution in [0.25, 0.3) is 11.2 Å². The summed E-state index contributed by atoms with van der Waals surface area (Å²) < 4.78 is 9.65. The minimum Gasteiger partial charge on any atom is -0.491 e. The van der Waals surface area contributed by atoms with Crippen LogP contribution in [0.15, 0.2) is 39.0 Å². The summed E-state index contributed by atoms with van der Waals surface area (Å²) in [5.74, 6) is 0.665. The molecule has 0 bridgehead atoms. The molecule has 1 N–H and O–H groups in total. The topological polar surface area (TPSA) is 91.3 Å². The minimum atomic E-state index is -0.850. The molecule has 9 heteroatoms. The van der Waals surface area contributed by atoms with Crippen molar-refractivity contribution in [2.45, 2.75) is 24.7 Å². The number of aryl methyl sites for hydroxylation is 2. The van der Waals surface area contributed by atoms with E-state index in [4.69, 9.17) is 4.74 Å². The van der Waals surface area contributed by atoms with Crippen LogP contribution in [0.3, 0.4) is 0 Å². The molecule has 0 unspecified atom stereocenters. The van der Waals surface area contributed by atoms with E-state index >= 15 is 0 Å². The van der Waals surface area contributed by atoms with Gasteiger partial charge in [-0.25, -0.2) is 9.78 Å². The molecule has 0 aliphatic heterocycles. The van der Waals surface area contributed by atoms with Crippen molar-refractivity contribution < 1.29 is 9.84 Å². The zero-order chi connectivity index (χ0) is 19.7.